The average Bonchev–Trinajstić information content (AvgIpc) is 2.77. The zero-order valence-electron chi connectivity index (χ0n) is 14.1. The maximum atomic E-state index is 12.6. The van der Waals surface area contributed by atoms with Crippen LogP contribution in [-0.4, -0.2) is 46.1 Å². The van der Waals surface area contributed by atoms with Crippen LogP contribution < -0.4 is 5.32 Å². The third-order valence-electron chi connectivity index (χ3n) is 5.17. The van der Waals surface area contributed by atoms with E-state index in [1.54, 1.807) is 11.3 Å². The van der Waals surface area contributed by atoms with E-state index < -0.39 is 5.60 Å². The van der Waals surface area contributed by atoms with E-state index in [0.29, 0.717) is 25.4 Å². The van der Waals surface area contributed by atoms with Crippen molar-refractivity contribution < 1.29 is 9.90 Å². The van der Waals surface area contributed by atoms with Gasteiger partial charge < -0.3 is 15.3 Å². The van der Waals surface area contributed by atoms with Crippen molar-refractivity contribution in [3.05, 3.63) is 15.6 Å². The van der Waals surface area contributed by atoms with E-state index in [4.69, 9.17) is 0 Å². The number of piperidine rings is 1. The van der Waals surface area contributed by atoms with Gasteiger partial charge in [-0.2, -0.15) is 0 Å². The Bertz CT molecular complexity index is 551. The molecule has 0 aromatic carbocycles. The second-order valence-electron chi connectivity index (χ2n) is 7.04. The summed E-state index contributed by atoms with van der Waals surface area (Å²) in [7, 11) is 0. The van der Waals surface area contributed by atoms with Crippen molar-refractivity contribution in [3.8, 4) is 0 Å². The Morgan fingerprint density at radius 1 is 1.39 bits per heavy atom. The number of nitrogens with zero attached hydrogens (tertiary/aromatic N) is 2. The number of hydrogen-bond donors (Lipinski definition) is 2. The molecule has 1 aromatic rings. The monoisotopic (exact) mass is 337 g/mol. The van der Waals surface area contributed by atoms with Crippen molar-refractivity contribution in [3.63, 3.8) is 0 Å². The first kappa shape index (κ1) is 16.9. The van der Waals surface area contributed by atoms with Gasteiger partial charge in [0.05, 0.1) is 5.69 Å². The molecule has 2 fully saturated rings. The minimum atomic E-state index is -1.25. The second kappa shape index (κ2) is 6.87. The number of aryl methyl sites for hydroxylation is 2. The number of thiazole rings is 1. The number of carbonyl (C=O) groups is 1. The number of likely N-dealkylation sites (tertiary alicyclic amines) is 1. The Hall–Kier alpha value is -0.980. The fraction of sp³-hybridized carbons (Fsp3) is 0.765. The van der Waals surface area contributed by atoms with Crippen molar-refractivity contribution in [2.24, 2.45) is 5.92 Å². The van der Waals surface area contributed by atoms with Gasteiger partial charge in [0.25, 0.3) is 5.91 Å². The van der Waals surface area contributed by atoms with Crippen LogP contribution in [0.25, 0.3) is 0 Å². The van der Waals surface area contributed by atoms with Crippen molar-refractivity contribution in [2.45, 2.75) is 58.1 Å². The maximum Gasteiger partial charge on any atom is 0.255 e. The molecule has 2 N–H and O–H groups in total. The lowest BCUT2D eigenvalue weighted by atomic mass is 9.83. The molecule has 1 amide bonds. The lowest BCUT2D eigenvalue weighted by Gasteiger charge is -2.41. The summed E-state index contributed by atoms with van der Waals surface area (Å²) in [5.41, 5.74) is -0.186. The van der Waals surface area contributed by atoms with Gasteiger partial charge >= 0.3 is 0 Å². The summed E-state index contributed by atoms with van der Waals surface area (Å²) in [6.45, 7) is 6.61. The summed E-state index contributed by atoms with van der Waals surface area (Å²) >= 11 is 1.67. The first-order valence-corrected chi connectivity index (χ1v) is 9.45. The molecule has 2 aliphatic rings. The molecule has 2 heterocycles. The minimum Gasteiger partial charge on any atom is -0.379 e. The lowest BCUT2D eigenvalue weighted by Crippen LogP contribution is -2.58. The molecule has 6 heteroatoms. The highest BCUT2D eigenvalue weighted by molar-refractivity contribution is 7.11. The van der Waals surface area contributed by atoms with Gasteiger partial charge in [0.1, 0.15) is 5.01 Å². The third-order valence-corrected chi connectivity index (χ3v) is 6.25. The van der Waals surface area contributed by atoms with Gasteiger partial charge in [-0.05, 0) is 45.4 Å². The molecule has 1 atom stereocenters. The maximum absolute atomic E-state index is 12.6. The molecule has 0 bridgehead atoms. The van der Waals surface area contributed by atoms with Gasteiger partial charge in [-0.3, -0.25) is 4.79 Å². The lowest BCUT2D eigenvalue weighted by molar-refractivity contribution is -0.157. The van der Waals surface area contributed by atoms with E-state index in [1.165, 1.54) is 24.1 Å². The highest BCUT2D eigenvalue weighted by Crippen LogP contribution is 2.30. The van der Waals surface area contributed by atoms with Crippen molar-refractivity contribution in [2.75, 3.05) is 19.6 Å². The van der Waals surface area contributed by atoms with Gasteiger partial charge in [0.2, 0.25) is 0 Å². The highest BCUT2D eigenvalue weighted by Gasteiger charge is 2.42. The summed E-state index contributed by atoms with van der Waals surface area (Å²) in [4.78, 5) is 20.2. The SMILES string of the molecule is Cc1nc(CNCC2(O)CCCN(CC3CCC3)C2=O)sc1C. The van der Waals surface area contributed by atoms with Gasteiger partial charge in [0, 0.05) is 31.1 Å². The van der Waals surface area contributed by atoms with Crippen molar-refractivity contribution >= 4 is 17.2 Å². The number of hydrogen-bond acceptors (Lipinski definition) is 5. The number of rotatable bonds is 6. The minimum absolute atomic E-state index is 0.0883. The van der Waals surface area contributed by atoms with Crippen molar-refractivity contribution in [1.82, 2.24) is 15.2 Å². The van der Waals surface area contributed by atoms with E-state index in [2.05, 4.69) is 17.2 Å². The predicted octanol–water partition coefficient (Wildman–Crippen LogP) is 2.00. The van der Waals surface area contributed by atoms with Crippen LogP contribution in [0.1, 0.15) is 47.7 Å². The molecular weight excluding hydrogens is 310 g/mol. The molecule has 1 saturated heterocycles. The van der Waals surface area contributed by atoms with E-state index in [0.717, 1.165) is 30.2 Å². The zero-order chi connectivity index (χ0) is 16.4. The molecule has 1 unspecified atom stereocenters. The fourth-order valence-corrected chi connectivity index (χ4v) is 4.28. The van der Waals surface area contributed by atoms with Crippen LogP contribution in [0.5, 0.6) is 0 Å². The molecule has 1 aliphatic heterocycles. The topological polar surface area (TPSA) is 65.5 Å². The second-order valence-corrected chi connectivity index (χ2v) is 8.32. The molecule has 0 spiro atoms. The number of aliphatic hydroxyl groups is 1. The van der Waals surface area contributed by atoms with Gasteiger partial charge in [-0.15, -0.1) is 11.3 Å². The molecule has 1 aromatic heterocycles. The van der Waals surface area contributed by atoms with E-state index >= 15 is 0 Å². The summed E-state index contributed by atoms with van der Waals surface area (Å²) in [5.74, 6) is 0.560. The Kier molecular flexibility index (Phi) is 5.04. The Morgan fingerprint density at radius 2 is 2.17 bits per heavy atom. The summed E-state index contributed by atoms with van der Waals surface area (Å²) in [6.07, 6.45) is 5.17. The molecule has 0 radical (unpaired) electrons. The van der Waals surface area contributed by atoms with E-state index in [1.807, 2.05) is 11.8 Å². The summed E-state index contributed by atoms with van der Waals surface area (Å²) in [5, 5.41) is 15.0. The van der Waals surface area contributed by atoms with E-state index in [9.17, 15) is 9.90 Å². The van der Waals surface area contributed by atoms with E-state index in [-0.39, 0.29) is 5.91 Å². The fourth-order valence-electron chi connectivity index (χ4n) is 3.38. The number of amides is 1. The number of carbonyl (C=O) groups excluding carboxylic acids is 1. The predicted molar refractivity (Wildman–Crippen MR) is 91.4 cm³/mol. The summed E-state index contributed by atoms with van der Waals surface area (Å²) < 4.78 is 0. The van der Waals surface area contributed by atoms with Gasteiger partial charge in [-0.25, -0.2) is 4.98 Å². The van der Waals surface area contributed by atoms with Crippen LogP contribution in [0.2, 0.25) is 0 Å². The molecule has 128 valence electrons. The smallest absolute Gasteiger partial charge is 0.255 e. The average molecular weight is 337 g/mol. The van der Waals surface area contributed by atoms with Crippen LogP contribution >= 0.6 is 11.3 Å². The van der Waals surface area contributed by atoms with Crippen LogP contribution in [0.15, 0.2) is 0 Å². The molecular formula is C17H27N3O2S. The Balaban J connectivity index is 1.53. The first-order valence-electron chi connectivity index (χ1n) is 8.63. The van der Waals surface area contributed by atoms with Gasteiger partial charge in [0.15, 0.2) is 5.60 Å². The van der Waals surface area contributed by atoms with Crippen molar-refractivity contribution in [1.29, 1.82) is 0 Å². The Morgan fingerprint density at radius 3 is 2.78 bits per heavy atom. The molecule has 1 saturated carbocycles. The highest BCUT2D eigenvalue weighted by atomic mass is 32.1. The third kappa shape index (κ3) is 3.75. The van der Waals surface area contributed by atoms with Gasteiger partial charge in [-0.1, -0.05) is 6.42 Å². The van der Waals surface area contributed by atoms with Crippen LogP contribution in [-0.2, 0) is 11.3 Å². The van der Waals surface area contributed by atoms with Crippen LogP contribution in [0.3, 0.4) is 0 Å². The number of nitrogens with one attached hydrogen (secondary N) is 1. The standard InChI is InChI=1S/C17H27N3O2S/c1-12-13(2)23-15(19-12)9-18-11-17(22)7-4-8-20(16(17)21)10-14-5-3-6-14/h14,18,22H,3-11H2,1-2H3. The largest absolute Gasteiger partial charge is 0.379 e. The Labute approximate surface area is 142 Å². The molecule has 23 heavy (non-hydrogen) atoms. The zero-order valence-corrected chi connectivity index (χ0v) is 14.9. The molecule has 1 aliphatic carbocycles. The normalized spacial score (nSPS) is 25.7. The van der Waals surface area contributed by atoms with Crippen LogP contribution in [0, 0.1) is 19.8 Å². The number of aromatic nitrogens is 1. The molecule has 3 rings (SSSR count). The first-order chi connectivity index (χ1) is 11.0. The molecule has 5 nitrogen and oxygen atoms in total. The summed E-state index contributed by atoms with van der Waals surface area (Å²) in [6, 6.07) is 0. The quantitative estimate of drug-likeness (QED) is 0.833. The van der Waals surface area contributed by atoms with Crippen LogP contribution in [0.4, 0.5) is 0 Å².